The lowest BCUT2D eigenvalue weighted by molar-refractivity contribution is -0.136. The van der Waals surface area contributed by atoms with Gasteiger partial charge in [0.15, 0.2) is 0 Å². The Bertz CT molecular complexity index is 748. The Kier molecular flexibility index (Phi) is 5.45. The van der Waals surface area contributed by atoms with Crippen LogP contribution in [-0.4, -0.2) is 11.8 Å². The van der Waals surface area contributed by atoms with Gasteiger partial charge in [-0.2, -0.15) is 5.26 Å². The SMILES string of the molecule is N#Cc1ccc(NC(=O)C(=O)NCc2cccc(CN)c2)cc1. The van der Waals surface area contributed by atoms with Gasteiger partial charge < -0.3 is 16.4 Å². The molecule has 0 aromatic heterocycles. The van der Waals surface area contributed by atoms with E-state index in [0.29, 0.717) is 17.8 Å². The summed E-state index contributed by atoms with van der Waals surface area (Å²) >= 11 is 0. The number of amides is 2. The van der Waals surface area contributed by atoms with Crippen LogP contribution in [0.5, 0.6) is 0 Å². The van der Waals surface area contributed by atoms with Crippen LogP contribution in [0.15, 0.2) is 48.5 Å². The van der Waals surface area contributed by atoms with Gasteiger partial charge >= 0.3 is 11.8 Å². The van der Waals surface area contributed by atoms with Crippen LogP contribution in [0.1, 0.15) is 16.7 Å². The van der Waals surface area contributed by atoms with Crippen molar-refractivity contribution in [3.8, 4) is 6.07 Å². The van der Waals surface area contributed by atoms with Crippen LogP contribution in [0, 0.1) is 11.3 Å². The van der Waals surface area contributed by atoms with Crippen molar-refractivity contribution in [2.24, 2.45) is 5.73 Å². The molecule has 0 bridgehead atoms. The molecule has 0 aliphatic rings. The molecule has 0 fully saturated rings. The second-order valence-corrected chi connectivity index (χ2v) is 4.85. The highest BCUT2D eigenvalue weighted by atomic mass is 16.2. The largest absolute Gasteiger partial charge is 0.344 e. The van der Waals surface area contributed by atoms with E-state index < -0.39 is 11.8 Å². The molecule has 0 spiro atoms. The molecule has 116 valence electrons. The van der Waals surface area contributed by atoms with E-state index in [2.05, 4.69) is 10.6 Å². The van der Waals surface area contributed by atoms with E-state index in [4.69, 9.17) is 11.0 Å². The molecule has 0 radical (unpaired) electrons. The summed E-state index contributed by atoms with van der Waals surface area (Å²) < 4.78 is 0. The maximum atomic E-state index is 11.8. The highest BCUT2D eigenvalue weighted by molar-refractivity contribution is 6.39. The summed E-state index contributed by atoms with van der Waals surface area (Å²) in [5, 5.41) is 13.7. The zero-order valence-electron chi connectivity index (χ0n) is 12.4. The standard InChI is InChI=1S/C17H16N4O2/c18-9-12-4-6-15(7-5-12)21-17(23)16(22)20-11-14-3-1-2-13(8-14)10-19/h1-8H,10-11,19H2,(H,20,22)(H,21,23). The van der Waals surface area contributed by atoms with Crippen molar-refractivity contribution in [3.63, 3.8) is 0 Å². The second kappa shape index (κ2) is 7.73. The maximum absolute atomic E-state index is 11.8. The molecule has 0 unspecified atom stereocenters. The van der Waals surface area contributed by atoms with Gasteiger partial charge in [0, 0.05) is 18.8 Å². The van der Waals surface area contributed by atoms with Crippen molar-refractivity contribution >= 4 is 17.5 Å². The third-order valence-corrected chi connectivity index (χ3v) is 3.16. The summed E-state index contributed by atoms with van der Waals surface area (Å²) in [5.41, 5.74) is 8.32. The van der Waals surface area contributed by atoms with Gasteiger partial charge in [-0.15, -0.1) is 0 Å². The first kappa shape index (κ1) is 16.2. The topological polar surface area (TPSA) is 108 Å². The molecule has 0 aliphatic heterocycles. The van der Waals surface area contributed by atoms with Crippen LogP contribution < -0.4 is 16.4 Å². The maximum Gasteiger partial charge on any atom is 0.313 e. The van der Waals surface area contributed by atoms with Gasteiger partial charge in [-0.05, 0) is 35.4 Å². The summed E-state index contributed by atoms with van der Waals surface area (Å²) in [6.45, 7) is 0.661. The first-order valence-corrected chi connectivity index (χ1v) is 6.99. The van der Waals surface area contributed by atoms with Crippen LogP contribution in [0.3, 0.4) is 0 Å². The molecule has 0 aliphatic carbocycles. The van der Waals surface area contributed by atoms with E-state index in [-0.39, 0.29) is 6.54 Å². The van der Waals surface area contributed by atoms with E-state index in [0.717, 1.165) is 11.1 Å². The lowest BCUT2D eigenvalue weighted by Gasteiger charge is -2.07. The highest BCUT2D eigenvalue weighted by Gasteiger charge is 2.13. The highest BCUT2D eigenvalue weighted by Crippen LogP contribution is 2.08. The van der Waals surface area contributed by atoms with Gasteiger partial charge in [-0.1, -0.05) is 24.3 Å². The van der Waals surface area contributed by atoms with Crippen LogP contribution in [0.2, 0.25) is 0 Å². The third kappa shape index (κ3) is 4.66. The molecule has 2 aromatic rings. The fourth-order valence-electron chi connectivity index (χ4n) is 1.95. The smallest absolute Gasteiger partial charge is 0.313 e. The van der Waals surface area contributed by atoms with Crippen LogP contribution >= 0.6 is 0 Å². The monoisotopic (exact) mass is 308 g/mol. The molecule has 0 heterocycles. The quantitative estimate of drug-likeness (QED) is 0.739. The van der Waals surface area contributed by atoms with E-state index in [1.165, 1.54) is 0 Å². The van der Waals surface area contributed by atoms with Crippen molar-refractivity contribution in [1.82, 2.24) is 5.32 Å². The molecule has 6 nitrogen and oxygen atoms in total. The number of nitriles is 1. The molecular weight excluding hydrogens is 292 g/mol. The molecule has 4 N–H and O–H groups in total. The summed E-state index contributed by atoms with van der Waals surface area (Å²) in [6.07, 6.45) is 0. The Labute approximate surface area is 133 Å². The number of hydrogen-bond acceptors (Lipinski definition) is 4. The minimum atomic E-state index is -0.760. The molecular formula is C17H16N4O2. The van der Waals surface area contributed by atoms with E-state index in [1.54, 1.807) is 24.3 Å². The predicted molar refractivity (Wildman–Crippen MR) is 86.0 cm³/mol. The molecule has 23 heavy (non-hydrogen) atoms. The zero-order chi connectivity index (χ0) is 16.7. The molecule has 0 saturated carbocycles. The molecule has 6 heteroatoms. The summed E-state index contributed by atoms with van der Waals surface area (Å²) in [7, 11) is 0. The van der Waals surface area contributed by atoms with Crippen LogP contribution in [0.25, 0.3) is 0 Å². The fourth-order valence-corrected chi connectivity index (χ4v) is 1.95. The lowest BCUT2D eigenvalue weighted by atomic mass is 10.1. The van der Waals surface area contributed by atoms with Gasteiger partial charge in [0.25, 0.3) is 0 Å². The number of nitrogens with two attached hydrogens (primary N) is 1. The van der Waals surface area contributed by atoms with Crippen molar-refractivity contribution in [1.29, 1.82) is 5.26 Å². The summed E-state index contributed by atoms with van der Waals surface area (Å²) in [5.74, 6) is -1.49. The zero-order valence-corrected chi connectivity index (χ0v) is 12.4. The first-order chi connectivity index (χ1) is 11.1. The van der Waals surface area contributed by atoms with Gasteiger partial charge in [-0.25, -0.2) is 0 Å². The van der Waals surface area contributed by atoms with Crippen molar-refractivity contribution < 1.29 is 9.59 Å². The van der Waals surface area contributed by atoms with Crippen LogP contribution in [-0.2, 0) is 22.7 Å². The molecule has 0 atom stereocenters. The molecule has 2 amide bonds. The second-order valence-electron chi connectivity index (χ2n) is 4.85. The number of carbonyl (C=O) groups excluding carboxylic acids is 2. The Morgan fingerprint density at radius 2 is 1.74 bits per heavy atom. The Morgan fingerprint density at radius 3 is 2.39 bits per heavy atom. The van der Waals surface area contributed by atoms with Gasteiger partial charge in [0.2, 0.25) is 0 Å². The number of anilines is 1. The normalized spacial score (nSPS) is 9.74. The molecule has 0 saturated heterocycles. The lowest BCUT2D eigenvalue weighted by Crippen LogP contribution is -2.34. The summed E-state index contributed by atoms with van der Waals surface area (Å²) in [4.78, 5) is 23.6. The Balaban J connectivity index is 1.89. The van der Waals surface area contributed by atoms with Crippen LogP contribution in [0.4, 0.5) is 5.69 Å². The average molecular weight is 308 g/mol. The van der Waals surface area contributed by atoms with Gasteiger partial charge in [0.1, 0.15) is 0 Å². The van der Waals surface area contributed by atoms with Crippen molar-refractivity contribution in [2.45, 2.75) is 13.1 Å². The molecule has 2 rings (SSSR count). The Hall–Kier alpha value is -3.17. The molecule has 2 aromatic carbocycles. The van der Waals surface area contributed by atoms with E-state index in [9.17, 15) is 9.59 Å². The van der Waals surface area contributed by atoms with Gasteiger partial charge in [0.05, 0.1) is 11.6 Å². The minimum absolute atomic E-state index is 0.244. The summed E-state index contributed by atoms with van der Waals surface area (Å²) in [6, 6.07) is 15.7. The Morgan fingerprint density at radius 1 is 1.04 bits per heavy atom. The van der Waals surface area contributed by atoms with E-state index in [1.807, 2.05) is 30.3 Å². The number of rotatable bonds is 4. The first-order valence-electron chi connectivity index (χ1n) is 6.99. The predicted octanol–water partition coefficient (Wildman–Crippen LogP) is 1.27. The van der Waals surface area contributed by atoms with E-state index >= 15 is 0 Å². The minimum Gasteiger partial charge on any atom is -0.344 e. The van der Waals surface area contributed by atoms with Gasteiger partial charge in [-0.3, -0.25) is 9.59 Å². The number of nitrogens with zero attached hydrogens (tertiary/aromatic N) is 1. The number of carbonyl (C=O) groups is 2. The third-order valence-electron chi connectivity index (χ3n) is 3.16. The van der Waals surface area contributed by atoms with Crippen molar-refractivity contribution in [2.75, 3.05) is 5.32 Å². The fraction of sp³-hybridized carbons (Fsp3) is 0.118. The number of benzene rings is 2. The number of hydrogen-bond donors (Lipinski definition) is 3. The average Bonchev–Trinajstić information content (AvgIpc) is 2.60. The number of nitrogens with one attached hydrogen (secondary N) is 2. The van der Waals surface area contributed by atoms with Crippen molar-refractivity contribution in [3.05, 3.63) is 65.2 Å².